The molecule has 0 aromatic heterocycles. The molecule has 1 rings (SSSR count). The topological polar surface area (TPSA) is 114 Å². The lowest BCUT2D eigenvalue weighted by molar-refractivity contribution is -0.159. The summed E-state index contributed by atoms with van der Waals surface area (Å²) in [7, 11) is 1.69. The summed E-state index contributed by atoms with van der Waals surface area (Å²) in [5.41, 5.74) is 0. The summed E-state index contributed by atoms with van der Waals surface area (Å²) in [6, 6.07) is 7.78. The molecule has 0 radical (unpaired) electrons. The summed E-state index contributed by atoms with van der Waals surface area (Å²) < 4.78 is 16.9. The number of hydrogen-bond donors (Lipinski definition) is 3. The third kappa shape index (κ3) is 12.8. The number of methoxy groups -OCH3 is 1. The first kappa shape index (κ1) is 22.3. The standard InChI is InChI=1S/C13H20BrNO3.C2H2O4/c1-16-8-6-15-7-9-17-10-11-18-13-5-3-2-4-12(13)14;3-1(4)2(5)6/h2-5,15H,6-11H2,1H3;(H,3,4)(H,5,6). The van der Waals surface area contributed by atoms with Gasteiger partial charge in [-0.25, -0.2) is 9.59 Å². The molecule has 0 aliphatic heterocycles. The van der Waals surface area contributed by atoms with E-state index in [9.17, 15) is 0 Å². The molecular formula is C15H22BrNO7. The summed E-state index contributed by atoms with van der Waals surface area (Å²) in [6.45, 7) is 4.24. The van der Waals surface area contributed by atoms with Crippen LogP contribution in [-0.4, -0.2) is 68.8 Å². The largest absolute Gasteiger partial charge is 0.490 e. The van der Waals surface area contributed by atoms with Gasteiger partial charge >= 0.3 is 11.9 Å². The Balaban J connectivity index is 0.000000754. The van der Waals surface area contributed by atoms with Crippen molar-refractivity contribution in [3.05, 3.63) is 28.7 Å². The summed E-state index contributed by atoms with van der Waals surface area (Å²) in [4.78, 5) is 18.2. The molecule has 1 aromatic rings. The smallest absolute Gasteiger partial charge is 0.414 e. The van der Waals surface area contributed by atoms with Gasteiger partial charge in [-0.3, -0.25) is 0 Å². The van der Waals surface area contributed by atoms with Crippen LogP contribution in [0.15, 0.2) is 28.7 Å². The van der Waals surface area contributed by atoms with Crippen molar-refractivity contribution in [3.63, 3.8) is 0 Å². The molecule has 0 aliphatic rings. The number of aliphatic carboxylic acids is 2. The van der Waals surface area contributed by atoms with Gasteiger partial charge in [0.05, 0.1) is 24.3 Å². The van der Waals surface area contributed by atoms with Crippen LogP contribution in [-0.2, 0) is 19.1 Å². The second kappa shape index (κ2) is 14.9. The Morgan fingerprint density at radius 1 is 1.04 bits per heavy atom. The van der Waals surface area contributed by atoms with E-state index in [1.807, 2.05) is 24.3 Å². The van der Waals surface area contributed by atoms with Crippen molar-refractivity contribution in [1.82, 2.24) is 5.32 Å². The maximum absolute atomic E-state index is 9.10. The quantitative estimate of drug-likeness (QED) is 0.391. The highest BCUT2D eigenvalue weighted by Crippen LogP contribution is 2.23. The van der Waals surface area contributed by atoms with E-state index >= 15 is 0 Å². The van der Waals surface area contributed by atoms with E-state index in [1.54, 1.807) is 7.11 Å². The Hall–Kier alpha value is -1.68. The van der Waals surface area contributed by atoms with Gasteiger partial charge in [-0.2, -0.15) is 0 Å². The zero-order valence-electron chi connectivity index (χ0n) is 13.4. The van der Waals surface area contributed by atoms with Gasteiger partial charge in [0.25, 0.3) is 0 Å². The van der Waals surface area contributed by atoms with Gasteiger partial charge in [0.15, 0.2) is 0 Å². The van der Waals surface area contributed by atoms with Crippen molar-refractivity contribution >= 4 is 27.9 Å². The first-order valence-electron chi connectivity index (χ1n) is 7.10. The van der Waals surface area contributed by atoms with Crippen LogP contribution in [0, 0.1) is 0 Å². The Morgan fingerprint density at radius 2 is 1.67 bits per heavy atom. The molecule has 0 bridgehead atoms. The molecule has 1 aromatic carbocycles. The molecule has 24 heavy (non-hydrogen) atoms. The van der Waals surface area contributed by atoms with Crippen molar-refractivity contribution in [1.29, 1.82) is 0 Å². The molecule has 3 N–H and O–H groups in total. The van der Waals surface area contributed by atoms with Crippen LogP contribution in [0.4, 0.5) is 0 Å². The highest BCUT2D eigenvalue weighted by Gasteiger charge is 2.04. The van der Waals surface area contributed by atoms with Gasteiger partial charge in [-0.05, 0) is 28.1 Å². The van der Waals surface area contributed by atoms with Crippen molar-refractivity contribution in [2.75, 3.05) is 46.6 Å². The lowest BCUT2D eigenvalue weighted by Gasteiger charge is -2.09. The lowest BCUT2D eigenvalue weighted by Crippen LogP contribution is -2.24. The molecule has 0 atom stereocenters. The van der Waals surface area contributed by atoms with Gasteiger partial charge in [-0.1, -0.05) is 12.1 Å². The molecule has 0 aliphatic carbocycles. The second-order valence-electron chi connectivity index (χ2n) is 4.24. The molecule has 0 saturated heterocycles. The Kier molecular flexibility index (Phi) is 13.8. The van der Waals surface area contributed by atoms with Crippen LogP contribution in [0.25, 0.3) is 0 Å². The van der Waals surface area contributed by atoms with Gasteiger partial charge in [0.2, 0.25) is 0 Å². The van der Waals surface area contributed by atoms with Crippen LogP contribution >= 0.6 is 15.9 Å². The average molecular weight is 408 g/mol. The van der Waals surface area contributed by atoms with Crippen LogP contribution < -0.4 is 10.1 Å². The fourth-order valence-electron chi connectivity index (χ4n) is 1.32. The molecule has 0 heterocycles. The molecule has 0 amide bonds. The van der Waals surface area contributed by atoms with Crippen LogP contribution in [0.2, 0.25) is 0 Å². The monoisotopic (exact) mass is 407 g/mol. The van der Waals surface area contributed by atoms with Gasteiger partial charge in [0, 0.05) is 20.2 Å². The molecule has 9 heteroatoms. The highest BCUT2D eigenvalue weighted by atomic mass is 79.9. The number of hydrogen-bond acceptors (Lipinski definition) is 6. The van der Waals surface area contributed by atoms with E-state index in [0.29, 0.717) is 19.8 Å². The molecule has 0 unspecified atom stereocenters. The minimum Gasteiger partial charge on any atom is -0.490 e. The molecule has 8 nitrogen and oxygen atoms in total. The highest BCUT2D eigenvalue weighted by molar-refractivity contribution is 9.10. The number of halogens is 1. The normalized spacial score (nSPS) is 9.75. The second-order valence-corrected chi connectivity index (χ2v) is 5.10. The van der Waals surface area contributed by atoms with Crippen LogP contribution in [0.5, 0.6) is 5.75 Å². The molecule has 0 saturated carbocycles. The van der Waals surface area contributed by atoms with E-state index in [4.69, 9.17) is 34.0 Å². The lowest BCUT2D eigenvalue weighted by atomic mass is 10.3. The number of rotatable bonds is 10. The first-order valence-corrected chi connectivity index (χ1v) is 7.89. The zero-order chi connectivity index (χ0) is 18.2. The third-order valence-corrected chi connectivity index (χ3v) is 3.07. The number of nitrogens with one attached hydrogen (secondary N) is 1. The molecular weight excluding hydrogens is 386 g/mol. The van der Waals surface area contributed by atoms with Crippen LogP contribution in [0.3, 0.4) is 0 Å². The van der Waals surface area contributed by atoms with E-state index < -0.39 is 11.9 Å². The summed E-state index contributed by atoms with van der Waals surface area (Å²) >= 11 is 3.43. The number of carboxylic acid groups (broad SMARTS) is 2. The number of benzene rings is 1. The first-order chi connectivity index (χ1) is 11.5. The van der Waals surface area contributed by atoms with E-state index in [0.717, 1.165) is 29.9 Å². The molecule has 0 fully saturated rings. The average Bonchev–Trinajstić information content (AvgIpc) is 2.55. The summed E-state index contributed by atoms with van der Waals surface area (Å²) in [5.74, 6) is -2.80. The molecule has 0 spiro atoms. The number of ether oxygens (including phenoxy) is 3. The zero-order valence-corrected chi connectivity index (χ0v) is 15.0. The van der Waals surface area contributed by atoms with E-state index in [2.05, 4.69) is 21.2 Å². The number of para-hydroxylation sites is 1. The number of carboxylic acids is 2. The third-order valence-electron chi connectivity index (χ3n) is 2.41. The Morgan fingerprint density at radius 3 is 2.25 bits per heavy atom. The minimum atomic E-state index is -1.82. The predicted octanol–water partition coefficient (Wildman–Crippen LogP) is 1.24. The predicted molar refractivity (Wildman–Crippen MR) is 90.5 cm³/mol. The van der Waals surface area contributed by atoms with Gasteiger partial charge < -0.3 is 29.7 Å². The maximum atomic E-state index is 9.10. The van der Waals surface area contributed by atoms with E-state index in [-0.39, 0.29) is 0 Å². The number of carbonyl (C=O) groups is 2. The SMILES string of the molecule is COCCNCCOCCOc1ccccc1Br.O=C(O)C(=O)O. The van der Waals surface area contributed by atoms with Crippen molar-refractivity contribution in [2.24, 2.45) is 0 Å². The fraction of sp³-hybridized carbons (Fsp3) is 0.467. The van der Waals surface area contributed by atoms with Crippen molar-refractivity contribution < 1.29 is 34.0 Å². The Bertz CT molecular complexity index is 473. The van der Waals surface area contributed by atoms with Crippen molar-refractivity contribution in [2.45, 2.75) is 0 Å². The summed E-state index contributed by atoms with van der Waals surface area (Å²) in [5, 5.41) is 18.0. The minimum absolute atomic E-state index is 0.556. The van der Waals surface area contributed by atoms with Gasteiger partial charge in [0.1, 0.15) is 12.4 Å². The fourth-order valence-corrected chi connectivity index (χ4v) is 1.72. The molecule has 136 valence electrons. The van der Waals surface area contributed by atoms with E-state index in [1.165, 1.54) is 0 Å². The Labute approximate surface area is 148 Å². The van der Waals surface area contributed by atoms with Crippen molar-refractivity contribution in [3.8, 4) is 5.75 Å². The van der Waals surface area contributed by atoms with Gasteiger partial charge in [-0.15, -0.1) is 0 Å². The van der Waals surface area contributed by atoms with Crippen LogP contribution in [0.1, 0.15) is 0 Å². The maximum Gasteiger partial charge on any atom is 0.414 e. The summed E-state index contributed by atoms with van der Waals surface area (Å²) in [6.07, 6.45) is 0.